The van der Waals surface area contributed by atoms with E-state index in [4.69, 9.17) is 5.73 Å². The molecular weight excluding hydrogens is 254 g/mol. The molecule has 116 valence electrons. The predicted molar refractivity (Wildman–Crippen MR) is 79.9 cm³/mol. The van der Waals surface area contributed by atoms with Crippen LogP contribution in [0.2, 0.25) is 0 Å². The van der Waals surface area contributed by atoms with E-state index in [1.54, 1.807) is 21.0 Å². The Morgan fingerprint density at radius 2 is 1.85 bits per heavy atom. The van der Waals surface area contributed by atoms with Crippen LogP contribution in [0.3, 0.4) is 0 Å². The lowest BCUT2D eigenvalue weighted by Gasteiger charge is -2.46. The van der Waals surface area contributed by atoms with E-state index in [0.29, 0.717) is 0 Å². The number of carbonyl (C=O) groups excluding carboxylic acids is 2. The topological polar surface area (TPSA) is 75.4 Å². The van der Waals surface area contributed by atoms with Crippen molar-refractivity contribution < 1.29 is 9.59 Å². The van der Waals surface area contributed by atoms with Gasteiger partial charge >= 0.3 is 0 Å². The molecule has 5 nitrogen and oxygen atoms in total. The second-order valence-electron chi connectivity index (χ2n) is 6.87. The van der Waals surface area contributed by atoms with Gasteiger partial charge in [-0.05, 0) is 31.1 Å². The van der Waals surface area contributed by atoms with Crippen LogP contribution in [0.25, 0.3) is 0 Å². The summed E-state index contributed by atoms with van der Waals surface area (Å²) in [6.07, 6.45) is 1.64. The summed E-state index contributed by atoms with van der Waals surface area (Å²) in [6, 6.07) is -0.339. The largest absolute Gasteiger partial charge is 0.347 e. The fourth-order valence-electron chi connectivity index (χ4n) is 3.08. The SMILES string of the molecule is CC(NC(=O)C1CCC(N)C(C)C1(C)C)C(=O)N(C)C. The van der Waals surface area contributed by atoms with Gasteiger partial charge in [0.05, 0.1) is 0 Å². The third-order valence-corrected chi connectivity index (χ3v) is 4.99. The number of carbonyl (C=O) groups is 2. The Labute approximate surface area is 122 Å². The Hall–Kier alpha value is -1.10. The van der Waals surface area contributed by atoms with Gasteiger partial charge < -0.3 is 16.0 Å². The predicted octanol–water partition coefficient (Wildman–Crippen LogP) is 0.979. The maximum atomic E-state index is 12.5. The number of nitrogens with one attached hydrogen (secondary N) is 1. The minimum Gasteiger partial charge on any atom is -0.347 e. The molecule has 0 aromatic rings. The van der Waals surface area contributed by atoms with E-state index in [1.165, 1.54) is 4.90 Å². The summed E-state index contributed by atoms with van der Waals surface area (Å²) < 4.78 is 0. The average Bonchev–Trinajstić information content (AvgIpc) is 2.34. The smallest absolute Gasteiger partial charge is 0.244 e. The van der Waals surface area contributed by atoms with Crippen molar-refractivity contribution in [3.63, 3.8) is 0 Å². The third-order valence-electron chi connectivity index (χ3n) is 4.99. The lowest BCUT2D eigenvalue weighted by Crippen LogP contribution is -2.54. The molecule has 0 aromatic carbocycles. The fraction of sp³-hybridized carbons (Fsp3) is 0.867. The molecule has 5 heteroatoms. The van der Waals surface area contributed by atoms with E-state index in [0.717, 1.165) is 12.8 Å². The molecule has 0 bridgehead atoms. The first-order valence-electron chi connectivity index (χ1n) is 7.36. The summed E-state index contributed by atoms with van der Waals surface area (Å²) in [5.74, 6) is 0.0785. The highest BCUT2D eigenvalue weighted by atomic mass is 16.2. The van der Waals surface area contributed by atoms with Gasteiger partial charge in [0.2, 0.25) is 11.8 Å². The average molecular weight is 283 g/mol. The number of likely N-dealkylation sites (N-methyl/N-ethyl adjacent to an activating group) is 1. The van der Waals surface area contributed by atoms with Crippen molar-refractivity contribution in [1.82, 2.24) is 10.2 Å². The van der Waals surface area contributed by atoms with E-state index in [-0.39, 0.29) is 35.1 Å². The molecule has 1 aliphatic carbocycles. The number of nitrogens with two attached hydrogens (primary N) is 1. The van der Waals surface area contributed by atoms with Crippen molar-refractivity contribution in [1.29, 1.82) is 0 Å². The Morgan fingerprint density at radius 3 is 2.35 bits per heavy atom. The van der Waals surface area contributed by atoms with Crippen molar-refractivity contribution in [2.75, 3.05) is 14.1 Å². The molecule has 0 radical (unpaired) electrons. The van der Waals surface area contributed by atoms with Crippen LogP contribution in [0.4, 0.5) is 0 Å². The second-order valence-corrected chi connectivity index (χ2v) is 6.87. The number of hydrogen-bond donors (Lipinski definition) is 2. The zero-order valence-electron chi connectivity index (χ0n) is 13.6. The standard InChI is InChI=1S/C15H29N3O2/c1-9-12(16)8-7-11(15(9,3)4)13(19)17-10(2)14(20)18(5)6/h9-12H,7-8,16H2,1-6H3,(H,17,19). The second kappa shape index (κ2) is 6.12. The maximum absolute atomic E-state index is 12.5. The van der Waals surface area contributed by atoms with Gasteiger partial charge in [0.1, 0.15) is 6.04 Å². The highest BCUT2D eigenvalue weighted by Gasteiger charge is 2.45. The normalized spacial score (nSPS) is 30.4. The van der Waals surface area contributed by atoms with E-state index in [2.05, 4.69) is 26.1 Å². The highest BCUT2D eigenvalue weighted by Crippen LogP contribution is 2.44. The van der Waals surface area contributed by atoms with Crippen LogP contribution in [0.15, 0.2) is 0 Å². The summed E-state index contributed by atoms with van der Waals surface area (Å²) in [5.41, 5.74) is 5.96. The number of amides is 2. The fourth-order valence-corrected chi connectivity index (χ4v) is 3.08. The van der Waals surface area contributed by atoms with E-state index in [1.807, 2.05) is 0 Å². The first-order valence-corrected chi connectivity index (χ1v) is 7.36. The molecular formula is C15H29N3O2. The van der Waals surface area contributed by atoms with Gasteiger partial charge in [0.25, 0.3) is 0 Å². The first-order chi connectivity index (χ1) is 9.09. The molecule has 0 aromatic heterocycles. The van der Waals surface area contributed by atoms with Gasteiger partial charge in [-0.1, -0.05) is 20.8 Å². The van der Waals surface area contributed by atoms with E-state index < -0.39 is 6.04 Å². The number of hydrogen-bond acceptors (Lipinski definition) is 3. The lowest BCUT2D eigenvalue weighted by atomic mass is 9.61. The van der Waals surface area contributed by atoms with Crippen molar-refractivity contribution in [2.24, 2.45) is 23.0 Å². The Kier molecular flexibility index (Phi) is 5.19. The van der Waals surface area contributed by atoms with Crippen LogP contribution < -0.4 is 11.1 Å². The molecule has 0 heterocycles. The van der Waals surface area contributed by atoms with Crippen LogP contribution in [-0.4, -0.2) is 42.9 Å². The summed E-state index contributed by atoms with van der Waals surface area (Å²) in [5, 5.41) is 2.85. The molecule has 1 fully saturated rings. The van der Waals surface area contributed by atoms with Crippen molar-refractivity contribution in [3.05, 3.63) is 0 Å². The quantitative estimate of drug-likeness (QED) is 0.810. The third kappa shape index (κ3) is 3.32. The minimum absolute atomic E-state index is 0.0311. The molecule has 1 aliphatic rings. The summed E-state index contributed by atoms with van der Waals surface area (Å²) in [6.45, 7) is 8.03. The number of rotatable bonds is 3. The molecule has 0 saturated heterocycles. The number of nitrogens with zero attached hydrogens (tertiary/aromatic N) is 1. The Morgan fingerprint density at radius 1 is 1.30 bits per heavy atom. The maximum Gasteiger partial charge on any atom is 0.244 e. The van der Waals surface area contributed by atoms with E-state index in [9.17, 15) is 9.59 Å². The summed E-state index contributed by atoms with van der Waals surface area (Å²) in [7, 11) is 3.38. The highest BCUT2D eigenvalue weighted by molar-refractivity contribution is 5.88. The molecule has 0 spiro atoms. The molecule has 4 unspecified atom stereocenters. The molecule has 1 rings (SSSR count). The van der Waals surface area contributed by atoms with Crippen molar-refractivity contribution in [2.45, 2.75) is 52.6 Å². The van der Waals surface area contributed by atoms with Crippen molar-refractivity contribution >= 4 is 11.8 Å². The van der Waals surface area contributed by atoms with Gasteiger partial charge in [0.15, 0.2) is 0 Å². The molecule has 20 heavy (non-hydrogen) atoms. The van der Waals surface area contributed by atoms with Crippen LogP contribution >= 0.6 is 0 Å². The van der Waals surface area contributed by atoms with Gasteiger partial charge in [0, 0.05) is 26.1 Å². The minimum atomic E-state index is -0.487. The molecule has 1 saturated carbocycles. The molecule has 0 aliphatic heterocycles. The summed E-state index contributed by atoms with van der Waals surface area (Å²) in [4.78, 5) is 25.8. The van der Waals surface area contributed by atoms with E-state index >= 15 is 0 Å². The van der Waals surface area contributed by atoms with Crippen LogP contribution in [-0.2, 0) is 9.59 Å². The molecule has 3 N–H and O–H groups in total. The summed E-state index contributed by atoms with van der Waals surface area (Å²) >= 11 is 0. The van der Waals surface area contributed by atoms with Gasteiger partial charge in [-0.2, -0.15) is 0 Å². The van der Waals surface area contributed by atoms with Crippen LogP contribution in [0, 0.1) is 17.3 Å². The van der Waals surface area contributed by atoms with Crippen LogP contribution in [0.1, 0.15) is 40.5 Å². The monoisotopic (exact) mass is 283 g/mol. The first kappa shape index (κ1) is 17.0. The van der Waals surface area contributed by atoms with Crippen molar-refractivity contribution in [3.8, 4) is 0 Å². The van der Waals surface area contributed by atoms with Crippen LogP contribution in [0.5, 0.6) is 0 Å². The molecule has 2 amide bonds. The van der Waals surface area contributed by atoms with Gasteiger partial charge in [-0.3, -0.25) is 9.59 Å². The van der Waals surface area contributed by atoms with Gasteiger partial charge in [-0.15, -0.1) is 0 Å². The van der Waals surface area contributed by atoms with Gasteiger partial charge in [-0.25, -0.2) is 0 Å². The Bertz CT molecular complexity index is 379. The molecule has 4 atom stereocenters. The zero-order chi connectivity index (χ0) is 15.7. The lowest BCUT2D eigenvalue weighted by molar-refractivity contribution is -0.138. The Balaban J connectivity index is 2.75. The zero-order valence-corrected chi connectivity index (χ0v) is 13.6.